The summed E-state index contributed by atoms with van der Waals surface area (Å²) in [7, 11) is 0. The molecule has 5 rings (SSSR count). The number of aromatic amines is 1. The van der Waals surface area contributed by atoms with Crippen molar-refractivity contribution in [3.8, 4) is 0 Å². The van der Waals surface area contributed by atoms with Crippen molar-refractivity contribution in [2.24, 2.45) is 0 Å². The van der Waals surface area contributed by atoms with E-state index in [9.17, 15) is 4.79 Å². The summed E-state index contributed by atoms with van der Waals surface area (Å²) in [4.78, 5) is 20.7. The molecule has 1 aliphatic heterocycles. The van der Waals surface area contributed by atoms with E-state index in [1.807, 2.05) is 18.7 Å². The Morgan fingerprint density at radius 1 is 1.29 bits per heavy atom. The van der Waals surface area contributed by atoms with Crippen molar-refractivity contribution in [2.45, 2.75) is 57.7 Å². The molecule has 2 heterocycles. The van der Waals surface area contributed by atoms with Gasteiger partial charge < -0.3 is 15.2 Å². The number of nitrogens with one attached hydrogen (secondary N) is 2. The fourth-order valence-corrected chi connectivity index (χ4v) is 5.25. The van der Waals surface area contributed by atoms with Crippen LogP contribution in [0.5, 0.6) is 0 Å². The Labute approximate surface area is 166 Å². The summed E-state index contributed by atoms with van der Waals surface area (Å²) in [5.41, 5.74) is 5.40. The van der Waals surface area contributed by atoms with Gasteiger partial charge in [0, 0.05) is 48.8 Å². The smallest absolute Gasteiger partial charge is 0.317 e. The van der Waals surface area contributed by atoms with E-state index in [1.54, 1.807) is 0 Å². The highest BCUT2D eigenvalue weighted by molar-refractivity contribution is 5.98. The van der Waals surface area contributed by atoms with Crippen molar-refractivity contribution >= 4 is 22.5 Å². The highest BCUT2D eigenvalue weighted by Gasteiger charge is 2.40. The lowest BCUT2D eigenvalue weighted by Crippen LogP contribution is -2.58. The predicted molar refractivity (Wildman–Crippen MR) is 113 cm³/mol. The third-order valence-corrected chi connectivity index (χ3v) is 6.96. The molecule has 1 fully saturated rings. The second-order valence-electron chi connectivity index (χ2n) is 8.39. The van der Waals surface area contributed by atoms with Crippen LogP contribution < -0.4 is 5.32 Å². The Bertz CT molecular complexity index is 922. The first kappa shape index (κ1) is 17.8. The molecule has 3 aliphatic rings. The normalized spacial score (nSPS) is 24.4. The number of carbonyl (C=O) groups excluding carboxylic acids is 1. The molecular weight excluding hydrogens is 348 g/mol. The Kier molecular flexibility index (Phi) is 4.43. The minimum Gasteiger partial charge on any atom is -0.361 e. The molecule has 28 heavy (non-hydrogen) atoms. The summed E-state index contributed by atoms with van der Waals surface area (Å²) in [5, 5.41) is 4.67. The van der Waals surface area contributed by atoms with Crippen LogP contribution in [0.2, 0.25) is 0 Å². The summed E-state index contributed by atoms with van der Waals surface area (Å²) < 4.78 is 0. The zero-order chi connectivity index (χ0) is 19.3. The molecule has 148 valence electrons. The van der Waals surface area contributed by atoms with Crippen LogP contribution in [-0.2, 0) is 6.42 Å². The molecule has 5 heteroatoms. The molecule has 2 amide bonds. The Hall–Kier alpha value is -2.27. The number of amides is 2. The van der Waals surface area contributed by atoms with E-state index in [1.165, 1.54) is 46.9 Å². The molecule has 2 aromatic rings. The number of nitrogens with zero attached hydrogens (tertiary/aromatic N) is 2. The lowest BCUT2D eigenvalue weighted by atomic mass is 9.78. The SMILES string of the molecule is CCN(CC)C(=O)N[C@@H]1C=C2c3cccc4[nH]cc(c34)C[C@H]2N(C2CCC2)C1. The van der Waals surface area contributed by atoms with Gasteiger partial charge in [0.2, 0.25) is 0 Å². The van der Waals surface area contributed by atoms with Crippen molar-refractivity contribution in [3.63, 3.8) is 0 Å². The number of aromatic nitrogens is 1. The summed E-state index contributed by atoms with van der Waals surface area (Å²) in [6.07, 6.45) is 9.49. The van der Waals surface area contributed by atoms with Crippen LogP contribution in [0, 0.1) is 0 Å². The maximum Gasteiger partial charge on any atom is 0.317 e. The summed E-state index contributed by atoms with van der Waals surface area (Å²) in [6, 6.07) is 7.76. The van der Waals surface area contributed by atoms with Crippen LogP contribution in [0.15, 0.2) is 30.5 Å². The first-order valence-electron chi connectivity index (χ1n) is 10.8. The van der Waals surface area contributed by atoms with E-state index >= 15 is 0 Å². The number of hydrogen-bond donors (Lipinski definition) is 2. The van der Waals surface area contributed by atoms with E-state index in [0.717, 1.165) is 26.1 Å². The van der Waals surface area contributed by atoms with Crippen LogP contribution >= 0.6 is 0 Å². The first-order chi connectivity index (χ1) is 13.7. The molecule has 2 atom stereocenters. The number of hydrogen-bond acceptors (Lipinski definition) is 2. The molecule has 0 saturated heterocycles. The minimum absolute atomic E-state index is 0.0511. The van der Waals surface area contributed by atoms with Crippen molar-refractivity contribution in [1.29, 1.82) is 0 Å². The summed E-state index contributed by atoms with van der Waals surface area (Å²) in [5.74, 6) is 0. The molecule has 2 N–H and O–H groups in total. The maximum absolute atomic E-state index is 12.7. The average Bonchev–Trinajstić information content (AvgIpc) is 3.07. The number of urea groups is 1. The van der Waals surface area contributed by atoms with Crippen molar-refractivity contribution in [2.75, 3.05) is 19.6 Å². The van der Waals surface area contributed by atoms with E-state index in [2.05, 4.69) is 45.7 Å². The lowest BCUT2D eigenvalue weighted by molar-refractivity contribution is 0.0895. The van der Waals surface area contributed by atoms with Crippen LogP contribution in [0.1, 0.15) is 44.2 Å². The first-order valence-corrected chi connectivity index (χ1v) is 10.8. The quantitative estimate of drug-likeness (QED) is 0.851. The highest BCUT2D eigenvalue weighted by Crippen LogP contribution is 2.42. The van der Waals surface area contributed by atoms with E-state index in [-0.39, 0.29) is 12.1 Å². The van der Waals surface area contributed by atoms with Gasteiger partial charge >= 0.3 is 6.03 Å². The fraction of sp³-hybridized carbons (Fsp3) is 0.522. The van der Waals surface area contributed by atoms with Gasteiger partial charge in [0.25, 0.3) is 0 Å². The van der Waals surface area contributed by atoms with Gasteiger partial charge in [-0.05, 0) is 55.9 Å². The molecule has 0 unspecified atom stereocenters. The fourth-order valence-electron chi connectivity index (χ4n) is 5.25. The third kappa shape index (κ3) is 2.75. The zero-order valence-corrected chi connectivity index (χ0v) is 16.9. The molecule has 1 aromatic heterocycles. The molecular formula is C23H30N4O. The molecule has 2 aliphatic carbocycles. The number of carbonyl (C=O) groups is 1. The van der Waals surface area contributed by atoms with Gasteiger partial charge in [0.05, 0.1) is 6.04 Å². The lowest BCUT2D eigenvalue weighted by Gasteiger charge is -2.48. The van der Waals surface area contributed by atoms with Gasteiger partial charge in [-0.15, -0.1) is 0 Å². The average molecular weight is 379 g/mol. The Morgan fingerprint density at radius 2 is 2.11 bits per heavy atom. The molecule has 0 radical (unpaired) electrons. The number of benzene rings is 1. The maximum atomic E-state index is 12.7. The van der Waals surface area contributed by atoms with Crippen molar-refractivity contribution in [1.82, 2.24) is 20.1 Å². The second kappa shape index (κ2) is 6.96. The van der Waals surface area contributed by atoms with Crippen molar-refractivity contribution < 1.29 is 4.79 Å². The van der Waals surface area contributed by atoms with Crippen molar-refractivity contribution in [3.05, 3.63) is 41.6 Å². The second-order valence-corrected chi connectivity index (χ2v) is 8.39. The monoisotopic (exact) mass is 378 g/mol. The van der Waals surface area contributed by atoms with Gasteiger partial charge in [-0.25, -0.2) is 4.79 Å². The van der Waals surface area contributed by atoms with E-state index < -0.39 is 0 Å². The molecule has 1 saturated carbocycles. The van der Waals surface area contributed by atoms with Crippen LogP contribution in [-0.4, -0.2) is 58.6 Å². The third-order valence-electron chi connectivity index (χ3n) is 6.96. The summed E-state index contributed by atoms with van der Waals surface area (Å²) in [6.45, 7) is 6.48. The molecule has 0 spiro atoms. The van der Waals surface area contributed by atoms with Gasteiger partial charge in [-0.3, -0.25) is 4.90 Å². The predicted octanol–water partition coefficient (Wildman–Crippen LogP) is 3.76. The van der Waals surface area contributed by atoms with Crippen LogP contribution in [0.4, 0.5) is 4.79 Å². The van der Waals surface area contributed by atoms with Crippen LogP contribution in [0.3, 0.4) is 0 Å². The van der Waals surface area contributed by atoms with Gasteiger partial charge in [-0.2, -0.15) is 0 Å². The highest BCUT2D eigenvalue weighted by atomic mass is 16.2. The van der Waals surface area contributed by atoms with Gasteiger partial charge in [0.1, 0.15) is 0 Å². The Morgan fingerprint density at radius 3 is 2.82 bits per heavy atom. The molecule has 5 nitrogen and oxygen atoms in total. The van der Waals surface area contributed by atoms with E-state index in [0.29, 0.717) is 12.1 Å². The topological polar surface area (TPSA) is 51.4 Å². The van der Waals surface area contributed by atoms with E-state index in [4.69, 9.17) is 0 Å². The molecule has 0 bridgehead atoms. The number of H-pyrrole nitrogens is 1. The van der Waals surface area contributed by atoms with Crippen LogP contribution in [0.25, 0.3) is 16.5 Å². The van der Waals surface area contributed by atoms with Gasteiger partial charge in [0.15, 0.2) is 0 Å². The minimum atomic E-state index is 0.0511. The number of fused-ring (bicyclic) bond motifs is 2. The standard InChI is InChI=1S/C23H30N4O/c1-3-26(4-2)23(28)25-16-12-19-18-9-6-10-20-22(18)15(13-24-20)11-21(19)27(14-16)17-7-5-8-17/h6,9-10,12-13,16-17,21,24H,3-5,7-8,11,14H2,1-2H3,(H,25,28)/t16-,21-/m1/s1. The van der Waals surface area contributed by atoms with Gasteiger partial charge in [-0.1, -0.05) is 24.6 Å². The Balaban J connectivity index is 1.52. The number of rotatable bonds is 4. The zero-order valence-electron chi connectivity index (χ0n) is 16.9. The largest absolute Gasteiger partial charge is 0.361 e. The molecule has 1 aromatic carbocycles. The summed E-state index contributed by atoms with van der Waals surface area (Å²) >= 11 is 0.